The third-order valence-corrected chi connectivity index (χ3v) is 3.13. The van der Waals surface area contributed by atoms with Crippen molar-refractivity contribution < 1.29 is 29.9 Å². The summed E-state index contributed by atoms with van der Waals surface area (Å²) in [5.41, 5.74) is 0.878. The van der Waals surface area contributed by atoms with Gasteiger partial charge in [0, 0.05) is 0 Å². The summed E-state index contributed by atoms with van der Waals surface area (Å²) in [5.74, 6) is 0. The minimum atomic E-state index is -1.48. The van der Waals surface area contributed by atoms with Gasteiger partial charge in [-0.25, -0.2) is 0 Å². The first kappa shape index (κ1) is 14.4. The van der Waals surface area contributed by atoms with Gasteiger partial charge in [-0.1, -0.05) is 30.3 Å². The Morgan fingerprint density at radius 3 is 2.37 bits per heavy atom. The quantitative estimate of drug-likeness (QED) is 0.560. The Labute approximate surface area is 110 Å². The van der Waals surface area contributed by atoms with Gasteiger partial charge in [-0.05, 0) is 5.56 Å². The minimum Gasteiger partial charge on any atom is -0.394 e. The maximum Gasteiger partial charge on any atom is 0.184 e. The number of aliphatic hydroxyl groups is 4. The summed E-state index contributed by atoms with van der Waals surface area (Å²) in [6, 6.07) is 9.26. The van der Waals surface area contributed by atoms with Gasteiger partial charge in [-0.3, -0.25) is 0 Å². The molecule has 1 saturated heterocycles. The topological polar surface area (TPSA) is 99.4 Å². The standard InChI is InChI=1S/C13H18O6/c14-6-9-10(15)12(11(16)13(17)19-9)18-7-8-4-2-1-3-5-8/h1-5,9-17H,6-7H2/t9-,10-,11-,12+,13+/m1/s1. The van der Waals surface area contributed by atoms with Gasteiger partial charge in [0.2, 0.25) is 0 Å². The number of hydrogen-bond acceptors (Lipinski definition) is 6. The van der Waals surface area contributed by atoms with E-state index in [0.717, 1.165) is 5.56 Å². The van der Waals surface area contributed by atoms with E-state index in [4.69, 9.17) is 14.6 Å². The lowest BCUT2D eigenvalue weighted by Gasteiger charge is -2.39. The molecule has 1 aromatic carbocycles. The van der Waals surface area contributed by atoms with Crippen molar-refractivity contribution in [3.63, 3.8) is 0 Å². The van der Waals surface area contributed by atoms with Gasteiger partial charge in [0.25, 0.3) is 0 Å². The van der Waals surface area contributed by atoms with Crippen LogP contribution >= 0.6 is 0 Å². The van der Waals surface area contributed by atoms with E-state index in [1.165, 1.54) is 0 Å². The number of benzene rings is 1. The third-order valence-electron chi connectivity index (χ3n) is 3.13. The van der Waals surface area contributed by atoms with Crippen LogP contribution in [0.15, 0.2) is 30.3 Å². The van der Waals surface area contributed by atoms with Crippen molar-refractivity contribution in [1.82, 2.24) is 0 Å². The molecule has 0 amide bonds. The molecule has 0 spiro atoms. The Morgan fingerprint density at radius 1 is 1.05 bits per heavy atom. The molecule has 2 rings (SSSR count). The molecule has 6 heteroatoms. The first-order valence-corrected chi connectivity index (χ1v) is 6.09. The van der Waals surface area contributed by atoms with Crippen molar-refractivity contribution in [2.24, 2.45) is 0 Å². The van der Waals surface area contributed by atoms with E-state index in [1.807, 2.05) is 30.3 Å². The van der Waals surface area contributed by atoms with E-state index in [1.54, 1.807) is 0 Å². The zero-order valence-electron chi connectivity index (χ0n) is 10.3. The Hall–Kier alpha value is -1.02. The molecular weight excluding hydrogens is 252 g/mol. The zero-order valence-corrected chi connectivity index (χ0v) is 10.3. The van der Waals surface area contributed by atoms with Crippen LogP contribution in [-0.4, -0.2) is 57.7 Å². The predicted molar refractivity (Wildman–Crippen MR) is 65.0 cm³/mol. The van der Waals surface area contributed by atoms with Crippen LogP contribution in [0.2, 0.25) is 0 Å². The Morgan fingerprint density at radius 2 is 1.74 bits per heavy atom. The lowest BCUT2D eigenvalue weighted by atomic mass is 9.99. The fourth-order valence-electron chi connectivity index (χ4n) is 2.03. The van der Waals surface area contributed by atoms with Crippen LogP contribution in [0.1, 0.15) is 5.56 Å². The molecule has 0 bridgehead atoms. The van der Waals surface area contributed by atoms with Gasteiger partial charge in [-0.15, -0.1) is 0 Å². The summed E-state index contributed by atoms with van der Waals surface area (Å²) in [7, 11) is 0. The summed E-state index contributed by atoms with van der Waals surface area (Å²) in [5, 5.41) is 38.2. The second kappa shape index (κ2) is 6.42. The van der Waals surface area contributed by atoms with E-state index in [2.05, 4.69) is 0 Å². The highest BCUT2D eigenvalue weighted by atomic mass is 16.6. The highest BCUT2D eigenvalue weighted by molar-refractivity contribution is 5.13. The highest BCUT2D eigenvalue weighted by Crippen LogP contribution is 2.23. The molecule has 6 nitrogen and oxygen atoms in total. The smallest absolute Gasteiger partial charge is 0.184 e. The molecule has 19 heavy (non-hydrogen) atoms. The molecule has 1 aliphatic heterocycles. The maximum atomic E-state index is 9.91. The van der Waals surface area contributed by atoms with Gasteiger partial charge in [0.1, 0.15) is 24.4 Å². The van der Waals surface area contributed by atoms with E-state index in [0.29, 0.717) is 0 Å². The van der Waals surface area contributed by atoms with Crippen molar-refractivity contribution in [3.05, 3.63) is 35.9 Å². The molecule has 0 aromatic heterocycles. The first-order valence-electron chi connectivity index (χ1n) is 6.09. The second-order valence-corrected chi connectivity index (χ2v) is 4.49. The average Bonchev–Trinajstić information content (AvgIpc) is 2.44. The van der Waals surface area contributed by atoms with Crippen LogP contribution in [0.4, 0.5) is 0 Å². The van der Waals surface area contributed by atoms with Gasteiger partial charge >= 0.3 is 0 Å². The normalized spacial score (nSPS) is 35.3. The maximum absolute atomic E-state index is 9.91. The number of ether oxygens (including phenoxy) is 2. The predicted octanol–water partition coefficient (Wildman–Crippen LogP) is -0.997. The van der Waals surface area contributed by atoms with Gasteiger partial charge in [-0.2, -0.15) is 0 Å². The SMILES string of the molecule is OC[C@H]1O[C@H](O)[C@H](O)[C@@H](OCc2ccccc2)[C@@H]1O. The fraction of sp³-hybridized carbons (Fsp3) is 0.538. The van der Waals surface area contributed by atoms with E-state index < -0.39 is 37.3 Å². The first-order chi connectivity index (χ1) is 9.13. The highest BCUT2D eigenvalue weighted by Gasteiger charge is 2.44. The lowest BCUT2D eigenvalue weighted by Crippen LogP contribution is -2.59. The molecular formula is C13H18O6. The van der Waals surface area contributed by atoms with Crippen LogP contribution in [-0.2, 0) is 16.1 Å². The summed E-state index contributed by atoms with van der Waals surface area (Å²) in [4.78, 5) is 0. The van der Waals surface area contributed by atoms with Gasteiger partial charge in [0.15, 0.2) is 6.29 Å². The molecule has 0 radical (unpaired) electrons. The molecule has 1 aromatic rings. The molecule has 1 heterocycles. The third kappa shape index (κ3) is 3.30. The van der Waals surface area contributed by atoms with Crippen LogP contribution in [0.25, 0.3) is 0 Å². The van der Waals surface area contributed by atoms with Crippen LogP contribution in [0, 0.1) is 0 Å². The van der Waals surface area contributed by atoms with E-state index >= 15 is 0 Å². The van der Waals surface area contributed by atoms with Crippen molar-refractivity contribution in [2.45, 2.75) is 37.3 Å². The summed E-state index contributed by atoms with van der Waals surface area (Å²) in [6.45, 7) is -0.277. The molecule has 0 unspecified atom stereocenters. The summed E-state index contributed by atoms with van der Waals surface area (Å²) in [6.07, 6.45) is -6.03. The Kier molecular flexibility index (Phi) is 4.87. The molecule has 0 saturated carbocycles. The molecule has 5 atom stereocenters. The van der Waals surface area contributed by atoms with Crippen molar-refractivity contribution >= 4 is 0 Å². The molecule has 4 N–H and O–H groups in total. The largest absolute Gasteiger partial charge is 0.394 e. The Balaban J connectivity index is 2.00. The van der Waals surface area contributed by atoms with Gasteiger partial charge < -0.3 is 29.9 Å². The molecule has 1 fully saturated rings. The number of hydrogen-bond donors (Lipinski definition) is 4. The Bertz CT molecular complexity index is 384. The lowest BCUT2D eigenvalue weighted by molar-refractivity contribution is -0.296. The molecule has 1 aliphatic rings. The van der Waals surface area contributed by atoms with E-state index in [9.17, 15) is 15.3 Å². The summed E-state index contributed by atoms with van der Waals surface area (Å²) >= 11 is 0. The minimum absolute atomic E-state index is 0.185. The van der Waals surface area contributed by atoms with Crippen molar-refractivity contribution in [2.75, 3.05) is 6.61 Å². The molecule has 106 valence electrons. The zero-order chi connectivity index (χ0) is 13.8. The van der Waals surface area contributed by atoms with Gasteiger partial charge in [0.05, 0.1) is 13.2 Å². The number of aliphatic hydroxyl groups excluding tert-OH is 4. The summed E-state index contributed by atoms with van der Waals surface area (Å²) < 4.78 is 10.3. The van der Waals surface area contributed by atoms with E-state index in [-0.39, 0.29) is 6.61 Å². The van der Waals surface area contributed by atoms with Crippen LogP contribution < -0.4 is 0 Å². The second-order valence-electron chi connectivity index (χ2n) is 4.49. The van der Waals surface area contributed by atoms with Crippen LogP contribution in [0.3, 0.4) is 0 Å². The van der Waals surface area contributed by atoms with Crippen molar-refractivity contribution in [3.8, 4) is 0 Å². The monoisotopic (exact) mass is 270 g/mol. The average molecular weight is 270 g/mol. The van der Waals surface area contributed by atoms with Crippen LogP contribution in [0.5, 0.6) is 0 Å². The fourth-order valence-corrected chi connectivity index (χ4v) is 2.03. The molecule has 0 aliphatic carbocycles. The van der Waals surface area contributed by atoms with Crippen molar-refractivity contribution in [1.29, 1.82) is 0 Å². The number of rotatable bonds is 4.